The number of nitrogens with zero attached hydrogens (tertiary/aromatic N) is 4. The van der Waals surface area contributed by atoms with Gasteiger partial charge in [-0.15, -0.1) is 21.5 Å². The number of aryl methyl sites for hydroxylation is 1. The van der Waals surface area contributed by atoms with Gasteiger partial charge in [-0.1, -0.05) is 41.6 Å². The van der Waals surface area contributed by atoms with Crippen molar-refractivity contribution < 1.29 is 13.6 Å². The van der Waals surface area contributed by atoms with Crippen LogP contribution in [-0.2, 0) is 11.2 Å². The van der Waals surface area contributed by atoms with Gasteiger partial charge in [0.05, 0.1) is 12.0 Å². The second kappa shape index (κ2) is 10.2. The van der Waals surface area contributed by atoms with E-state index in [4.69, 9.17) is 4.42 Å². The molecule has 1 N–H and O–H groups in total. The third kappa shape index (κ3) is 5.50. The second-order valence-electron chi connectivity index (χ2n) is 7.73. The molecule has 3 aromatic heterocycles. The number of hydrogen-bond donors (Lipinski definition) is 1. The molecule has 0 saturated heterocycles. The number of nitrogens with one attached hydrogen (secondary N) is 1. The Kier molecular flexibility index (Phi) is 6.73. The first-order chi connectivity index (χ1) is 17.0. The summed E-state index contributed by atoms with van der Waals surface area (Å²) in [6.07, 6.45) is 3.93. The van der Waals surface area contributed by atoms with Gasteiger partial charge in [-0.05, 0) is 48.9 Å². The Morgan fingerprint density at radius 3 is 2.66 bits per heavy atom. The summed E-state index contributed by atoms with van der Waals surface area (Å²) in [5.41, 5.74) is 2.99. The van der Waals surface area contributed by atoms with Crippen molar-refractivity contribution in [2.24, 2.45) is 0 Å². The van der Waals surface area contributed by atoms with Gasteiger partial charge in [0.1, 0.15) is 5.82 Å². The molecule has 176 valence electrons. The van der Waals surface area contributed by atoms with Crippen molar-refractivity contribution in [3.8, 4) is 17.3 Å². The summed E-state index contributed by atoms with van der Waals surface area (Å²) in [7, 11) is 0. The molecular formula is C25H20FN5O2S2. The Balaban J connectivity index is 1.27. The predicted molar refractivity (Wildman–Crippen MR) is 134 cm³/mol. The van der Waals surface area contributed by atoms with E-state index >= 15 is 0 Å². The molecule has 0 unspecified atom stereocenters. The van der Waals surface area contributed by atoms with Crippen LogP contribution >= 0.6 is 23.1 Å². The number of halogens is 1. The van der Waals surface area contributed by atoms with Crippen LogP contribution in [0.2, 0.25) is 0 Å². The third-order valence-electron chi connectivity index (χ3n) is 5.09. The lowest BCUT2D eigenvalue weighted by atomic mass is 10.1. The van der Waals surface area contributed by atoms with Gasteiger partial charge in [0.2, 0.25) is 11.7 Å². The Morgan fingerprint density at radius 2 is 1.91 bits per heavy atom. The molecule has 0 spiro atoms. The lowest BCUT2D eigenvalue weighted by molar-refractivity contribution is -0.113. The van der Waals surface area contributed by atoms with E-state index in [9.17, 15) is 9.18 Å². The smallest absolute Gasteiger partial charge is 0.236 e. The fraction of sp³-hybridized carbons (Fsp3) is 0.120. The number of thiazole rings is 1. The van der Waals surface area contributed by atoms with Gasteiger partial charge >= 0.3 is 0 Å². The Morgan fingerprint density at radius 1 is 1.11 bits per heavy atom. The summed E-state index contributed by atoms with van der Waals surface area (Å²) in [6.45, 7) is 2.02. The van der Waals surface area contributed by atoms with E-state index in [0.717, 1.165) is 21.7 Å². The summed E-state index contributed by atoms with van der Waals surface area (Å²) < 4.78 is 20.5. The largest absolute Gasteiger partial charge is 0.461 e. The maximum atomic E-state index is 13.1. The Hall–Kier alpha value is -3.76. The highest BCUT2D eigenvalue weighted by molar-refractivity contribution is 7.99. The number of amides is 1. The van der Waals surface area contributed by atoms with Gasteiger partial charge in [0, 0.05) is 23.2 Å². The molecule has 0 fully saturated rings. The van der Waals surface area contributed by atoms with E-state index in [1.54, 1.807) is 30.7 Å². The monoisotopic (exact) mass is 505 g/mol. The summed E-state index contributed by atoms with van der Waals surface area (Å²) >= 11 is 2.67. The highest BCUT2D eigenvalue weighted by Gasteiger charge is 2.19. The van der Waals surface area contributed by atoms with Crippen molar-refractivity contribution >= 4 is 34.1 Å². The molecule has 0 bridgehead atoms. The molecule has 7 nitrogen and oxygen atoms in total. The third-order valence-corrected chi connectivity index (χ3v) is 6.93. The quantitative estimate of drug-likeness (QED) is 0.270. The lowest BCUT2D eigenvalue weighted by Crippen LogP contribution is -2.14. The molecule has 0 aliphatic carbocycles. The number of aromatic nitrogens is 4. The maximum Gasteiger partial charge on any atom is 0.236 e. The number of carbonyl (C=O) groups is 1. The zero-order valence-corrected chi connectivity index (χ0v) is 20.3. The number of hydrogen-bond acceptors (Lipinski definition) is 7. The molecule has 35 heavy (non-hydrogen) atoms. The molecule has 5 rings (SSSR count). The minimum absolute atomic E-state index is 0.134. The van der Waals surface area contributed by atoms with E-state index in [0.29, 0.717) is 28.3 Å². The SMILES string of the molecule is Cc1ccc(-n2c(SCC(=O)Nc3ncc(Cc4ccc(F)cc4)s3)nnc2-c2ccco2)cc1. The minimum atomic E-state index is -0.266. The number of anilines is 1. The van der Waals surface area contributed by atoms with Crippen LogP contribution in [0, 0.1) is 12.7 Å². The zero-order chi connectivity index (χ0) is 24.2. The van der Waals surface area contributed by atoms with Crippen LogP contribution in [0.1, 0.15) is 16.0 Å². The molecule has 5 aromatic rings. The molecule has 2 aromatic carbocycles. The van der Waals surface area contributed by atoms with E-state index < -0.39 is 0 Å². The molecule has 0 aliphatic heterocycles. The van der Waals surface area contributed by atoms with Crippen LogP contribution in [0.4, 0.5) is 9.52 Å². The average Bonchev–Trinajstić information content (AvgIpc) is 3.61. The second-order valence-corrected chi connectivity index (χ2v) is 9.78. The van der Waals surface area contributed by atoms with Crippen molar-refractivity contribution in [1.82, 2.24) is 19.7 Å². The maximum absolute atomic E-state index is 13.1. The van der Waals surface area contributed by atoms with Gasteiger partial charge in [0.25, 0.3) is 0 Å². The lowest BCUT2D eigenvalue weighted by Gasteiger charge is -2.09. The highest BCUT2D eigenvalue weighted by Crippen LogP contribution is 2.29. The highest BCUT2D eigenvalue weighted by atomic mass is 32.2. The van der Waals surface area contributed by atoms with Crippen molar-refractivity contribution in [2.75, 3.05) is 11.1 Å². The number of thioether (sulfide) groups is 1. The summed E-state index contributed by atoms with van der Waals surface area (Å²) in [5, 5.41) is 12.5. The van der Waals surface area contributed by atoms with Crippen LogP contribution in [0.3, 0.4) is 0 Å². The molecule has 3 heterocycles. The van der Waals surface area contributed by atoms with E-state index in [-0.39, 0.29) is 17.5 Å². The topological polar surface area (TPSA) is 85.8 Å². The summed E-state index contributed by atoms with van der Waals surface area (Å²) in [4.78, 5) is 17.9. The molecular weight excluding hydrogens is 485 g/mol. The van der Waals surface area contributed by atoms with Gasteiger partial charge in [-0.3, -0.25) is 9.36 Å². The molecule has 10 heteroatoms. The molecule has 1 amide bonds. The summed E-state index contributed by atoms with van der Waals surface area (Å²) in [5.74, 6) is 0.821. The number of rotatable bonds is 8. The van der Waals surface area contributed by atoms with E-state index in [1.807, 2.05) is 41.8 Å². The number of carbonyl (C=O) groups excluding carboxylic acids is 1. The Bertz CT molecular complexity index is 1430. The first kappa shape index (κ1) is 23.0. The zero-order valence-electron chi connectivity index (χ0n) is 18.6. The van der Waals surface area contributed by atoms with Crippen LogP contribution in [0.15, 0.2) is 82.7 Å². The fourth-order valence-electron chi connectivity index (χ4n) is 3.39. The molecule has 0 saturated carbocycles. The van der Waals surface area contributed by atoms with Gasteiger partial charge in [-0.25, -0.2) is 9.37 Å². The standard InChI is InChI=1S/C25H20FN5O2S2/c1-16-4-10-19(11-5-16)31-23(21-3-2-12-33-21)29-30-25(31)34-15-22(32)28-24-27-14-20(35-24)13-17-6-8-18(26)9-7-17/h2-12,14H,13,15H2,1H3,(H,27,28,32). The van der Waals surface area contributed by atoms with Crippen molar-refractivity contribution in [1.29, 1.82) is 0 Å². The average molecular weight is 506 g/mol. The molecule has 0 atom stereocenters. The van der Waals surface area contributed by atoms with Crippen molar-refractivity contribution in [3.05, 3.63) is 94.9 Å². The fourth-order valence-corrected chi connectivity index (χ4v) is 5.01. The predicted octanol–water partition coefficient (Wildman–Crippen LogP) is 5.75. The Labute approximate surface area is 209 Å². The van der Waals surface area contributed by atoms with Gasteiger partial charge in [0.15, 0.2) is 16.0 Å². The number of benzene rings is 2. The normalized spacial score (nSPS) is 11.0. The minimum Gasteiger partial charge on any atom is -0.461 e. The van der Waals surface area contributed by atoms with Crippen LogP contribution < -0.4 is 5.32 Å². The van der Waals surface area contributed by atoms with E-state index in [1.165, 1.54) is 35.2 Å². The van der Waals surface area contributed by atoms with Crippen LogP contribution in [0.5, 0.6) is 0 Å². The van der Waals surface area contributed by atoms with Crippen LogP contribution in [0.25, 0.3) is 17.3 Å². The summed E-state index contributed by atoms with van der Waals surface area (Å²) in [6, 6.07) is 17.9. The van der Waals surface area contributed by atoms with Crippen molar-refractivity contribution in [3.63, 3.8) is 0 Å². The first-order valence-corrected chi connectivity index (χ1v) is 12.5. The van der Waals surface area contributed by atoms with Crippen LogP contribution in [-0.4, -0.2) is 31.4 Å². The first-order valence-electron chi connectivity index (χ1n) is 10.7. The van der Waals surface area contributed by atoms with Crippen molar-refractivity contribution in [2.45, 2.75) is 18.5 Å². The molecule has 0 radical (unpaired) electrons. The van der Waals surface area contributed by atoms with Gasteiger partial charge in [-0.2, -0.15) is 0 Å². The number of furan rings is 1. The van der Waals surface area contributed by atoms with E-state index in [2.05, 4.69) is 20.5 Å². The van der Waals surface area contributed by atoms with Gasteiger partial charge < -0.3 is 9.73 Å². The molecule has 0 aliphatic rings.